The minimum Gasteiger partial charge on any atom is -0.249 e. The van der Waals surface area contributed by atoms with Crippen LogP contribution in [0, 0.1) is 0 Å². The van der Waals surface area contributed by atoms with Gasteiger partial charge in [0.1, 0.15) is 0 Å². The number of hydrogen-bond acceptors (Lipinski definition) is 3. The third-order valence-corrected chi connectivity index (χ3v) is 8.05. The number of benzene rings is 2. The van der Waals surface area contributed by atoms with Crippen molar-refractivity contribution in [2.75, 3.05) is 0 Å². The molecule has 4 heteroatoms. The molecule has 2 heterocycles. The van der Waals surface area contributed by atoms with E-state index in [0.717, 1.165) is 20.9 Å². The summed E-state index contributed by atoms with van der Waals surface area (Å²) in [4.78, 5) is 4.56. The maximum Gasteiger partial charge on any atom is 0.0862 e. The fourth-order valence-electron chi connectivity index (χ4n) is 2.70. The van der Waals surface area contributed by atoms with Crippen LogP contribution in [0.3, 0.4) is 0 Å². The highest BCUT2D eigenvalue weighted by Crippen LogP contribution is 2.55. The summed E-state index contributed by atoms with van der Waals surface area (Å²) >= 11 is 3.66. The molecule has 0 N–H and O–H groups in total. The van der Waals surface area contributed by atoms with Gasteiger partial charge in [-0.15, -0.1) is 0 Å². The molecular weight excluding hydrogens is 328 g/mol. The second-order valence-electron chi connectivity index (χ2n) is 5.24. The molecule has 0 saturated carbocycles. The van der Waals surface area contributed by atoms with E-state index in [0.29, 0.717) is 0 Å². The van der Waals surface area contributed by atoms with Crippen molar-refractivity contribution < 1.29 is 4.21 Å². The smallest absolute Gasteiger partial charge is 0.0862 e. The van der Waals surface area contributed by atoms with Crippen LogP contribution in [0.25, 0.3) is 5.57 Å². The Morgan fingerprint density at radius 3 is 1.73 bits per heavy atom. The molecule has 0 fully saturated rings. The van der Waals surface area contributed by atoms with Crippen molar-refractivity contribution in [3.05, 3.63) is 73.7 Å². The Kier molecular flexibility index (Phi) is 3.56. The van der Waals surface area contributed by atoms with Gasteiger partial charge in [-0.05, 0) is 35.8 Å². The summed E-state index contributed by atoms with van der Waals surface area (Å²) in [6, 6.07) is 16.2. The second-order valence-corrected chi connectivity index (χ2v) is 9.37. The van der Waals surface area contributed by atoms with Crippen molar-refractivity contribution in [1.82, 2.24) is 0 Å². The normalized spacial score (nSPS) is 20.2. The molecule has 0 amide bonds. The van der Waals surface area contributed by atoms with E-state index in [2.05, 4.69) is 26.0 Å². The van der Waals surface area contributed by atoms with Crippen LogP contribution in [0.1, 0.15) is 25.0 Å². The molecule has 2 aromatic rings. The summed E-state index contributed by atoms with van der Waals surface area (Å²) in [6.45, 7) is 4.33. The van der Waals surface area contributed by atoms with Gasteiger partial charge in [0.15, 0.2) is 0 Å². The maximum absolute atomic E-state index is 12.9. The van der Waals surface area contributed by atoms with Gasteiger partial charge in [0.2, 0.25) is 0 Å². The molecule has 0 unspecified atom stereocenters. The van der Waals surface area contributed by atoms with Crippen LogP contribution in [-0.4, -0.2) is 4.21 Å². The highest BCUT2D eigenvalue weighted by molar-refractivity contribution is 8.28. The summed E-state index contributed by atoms with van der Waals surface area (Å²) in [7, 11) is -1.09. The van der Waals surface area contributed by atoms with Crippen LogP contribution in [0.4, 0.5) is 0 Å². The van der Waals surface area contributed by atoms with Crippen molar-refractivity contribution in [1.29, 1.82) is 0 Å². The highest BCUT2D eigenvalue weighted by Gasteiger charge is 2.30. The lowest BCUT2D eigenvalue weighted by Crippen LogP contribution is -2.09. The van der Waals surface area contributed by atoms with Gasteiger partial charge < -0.3 is 0 Å². The molecule has 22 heavy (non-hydrogen) atoms. The van der Waals surface area contributed by atoms with Crippen molar-refractivity contribution >= 4 is 39.9 Å². The van der Waals surface area contributed by atoms with E-state index in [9.17, 15) is 4.21 Å². The van der Waals surface area contributed by atoms with Crippen LogP contribution >= 0.6 is 23.5 Å². The lowest BCUT2D eigenvalue weighted by atomic mass is 9.99. The van der Waals surface area contributed by atoms with Gasteiger partial charge in [0.05, 0.1) is 24.8 Å². The third kappa shape index (κ3) is 2.13. The summed E-state index contributed by atoms with van der Waals surface area (Å²) in [5.74, 6) is 0. The Hall–Kier alpha value is -1.23. The van der Waals surface area contributed by atoms with Crippen LogP contribution in [-0.2, 0) is 10.8 Å². The zero-order valence-corrected chi connectivity index (χ0v) is 14.7. The lowest BCUT2D eigenvalue weighted by molar-refractivity contribution is 0.682. The van der Waals surface area contributed by atoms with E-state index < -0.39 is 10.8 Å². The Balaban J connectivity index is 2.03. The number of rotatable bonds is 0. The number of fused-ring (bicyclic) bond motifs is 2. The molecule has 0 spiro atoms. The van der Waals surface area contributed by atoms with E-state index in [-0.39, 0.29) is 0 Å². The molecule has 1 nitrogen and oxygen atoms in total. The Morgan fingerprint density at radius 1 is 0.773 bits per heavy atom. The summed E-state index contributed by atoms with van der Waals surface area (Å²) in [5.41, 5.74) is 3.45. The third-order valence-electron chi connectivity index (χ3n) is 3.90. The Labute approximate surface area is 141 Å². The van der Waals surface area contributed by atoms with Crippen LogP contribution in [0.15, 0.2) is 72.4 Å². The van der Waals surface area contributed by atoms with Gasteiger partial charge in [-0.3, -0.25) is 0 Å². The maximum atomic E-state index is 12.9. The van der Waals surface area contributed by atoms with E-state index in [1.54, 1.807) is 0 Å². The second kappa shape index (κ2) is 5.44. The summed E-state index contributed by atoms with van der Waals surface area (Å²) < 4.78 is 14.2. The van der Waals surface area contributed by atoms with Gasteiger partial charge in [-0.1, -0.05) is 59.9 Å². The Morgan fingerprint density at radius 2 is 1.23 bits per heavy atom. The number of allylic oxidation sites excluding steroid dienone is 2. The van der Waals surface area contributed by atoms with Crippen molar-refractivity contribution in [2.24, 2.45) is 0 Å². The minimum absolute atomic E-state index is 0.923. The monoisotopic (exact) mass is 342 g/mol. The van der Waals surface area contributed by atoms with E-state index >= 15 is 0 Å². The van der Waals surface area contributed by atoms with Crippen LogP contribution in [0.5, 0.6) is 0 Å². The van der Waals surface area contributed by atoms with Crippen molar-refractivity contribution in [2.45, 2.75) is 23.6 Å². The quantitative estimate of drug-likeness (QED) is 0.528. The van der Waals surface area contributed by atoms with Gasteiger partial charge in [0.25, 0.3) is 0 Å². The SMILES string of the molecule is CC1=C(C)SC(=C2c3ccccc3S(=O)c3ccccc32)S1. The molecule has 2 aliphatic heterocycles. The number of hydrogen-bond donors (Lipinski definition) is 0. The number of thioether (sulfide) groups is 2. The molecule has 0 radical (unpaired) electrons. The average molecular weight is 343 g/mol. The molecule has 2 aromatic carbocycles. The standard InChI is InChI=1S/C18H14OS3/c1-11-12(2)21-18(20-11)17-13-7-3-5-9-15(13)22(19)16-10-6-4-8-14(16)17/h3-10H,1-2H3. The largest absolute Gasteiger partial charge is 0.249 e. The highest BCUT2D eigenvalue weighted by atomic mass is 32.2. The zero-order chi connectivity index (χ0) is 15.3. The van der Waals surface area contributed by atoms with E-state index in [4.69, 9.17) is 0 Å². The molecule has 0 saturated heterocycles. The van der Waals surface area contributed by atoms with Gasteiger partial charge in [-0.2, -0.15) is 0 Å². The first-order chi connectivity index (χ1) is 10.7. The topological polar surface area (TPSA) is 17.1 Å². The van der Waals surface area contributed by atoms with Crippen LogP contribution < -0.4 is 0 Å². The lowest BCUT2D eigenvalue weighted by Gasteiger charge is -2.23. The van der Waals surface area contributed by atoms with Crippen molar-refractivity contribution in [3.8, 4) is 0 Å². The molecule has 0 aliphatic carbocycles. The summed E-state index contributed by atoms with van der Waals surface area (Å²) in [5, 5.41) is 0. The fourth-order valence-corrected chi connectivity index (χ4v) is 6.73. The van der Waals surface area contributed by atoms with Gasteiger partial charge in [0, 0.05) is 16.7 Å². The zero-order valence-electron chi connectivity index (χ0n) is 12.3. The fraction of sp³-hybridized carbons (Fsp3) is 0.111. The molecule has 110 valence electrons. The Bertz CT molecular complexity index is 810. The van der Waals surface area contributed by atoms with Gasteiger partial charge in [-0.25, -0.2) is 4.21 Å². The van der Waals surface area contributed by atoms with E-state index in [1.165, 1.54) is 19.6 Å². The van der Waals surface area contributed by atoms with Crippen LogP contribution in [0.2, 0.25) is 0 Å². The predicted molar refractivity (Wildman–Crippen MR) is 97.1 cm³/mol. The minimum atomic E-state index is -1.09. The molecule has 2 aliphatic rings. The first-order valence-electron chi connectivity index (χ1n) is 7.05. The predicted octanol–water partition coefficient (Wildman–Crippen LogP) is 5.62. The first kappa shape index (κ1) is 14.4. The molecule has 0 bridgehead atoms. The average Bonchev–Trinajstić information content (AvgIpc) is 2.87. The molecule has 0 aromatic heterocycles. The summed E-state index contributed by atoms with van der Waals surface area (Å²) in [6.07, 6.45) is 0. The molecule has 0 atom stereocenters. The molecule has 4 rings (SSSR count). The van der Waals surface area contributed by atoms with Crippen molar-refractivity contribution in [3.63, 3.8) is 0 Å². The molecular formula is C18H14OS3. The van der Waals surface area contributed by atoms with Gasteiger partial charge >= 0.3 is 0 Å². The first-order valence-corrected chi connectivity index (χ1v) is 9.83. The van der Waals surface area contributed by atoms with E-state index in [1.807, 2.05) is 59.9 Å².